The number of fused-ring (bicyclic) bond motifs is 2. The smallest absolute Gasteiger partial charge is 0.331 e. The van der Waals surface area contributed by atoms with Crippen LogP contribution in [0.5, 0.6) is 0 Å². The van der Waals surface area contributed by atoms with E-state index in [-0.39, 0.29) is 25.4 Å². The summed E-state index contributed by atoms with van der Waals surface area (Å²) in [5.74, 6) is -1.02. The van der Waals surface area contributed by atoms with Gasteiger partial charge in [0.15, 0.2) is 0 Å². The molecule has 38 heavy (non-hydrogen) atoms. The second-order valence-corrected chi connectivity index (χ2v) is 11.3. The van der Waals surface area contributed by atoms with Crippen molar-refractivity contribution in [1.29, 1.82) is 0 Å². The summed E-state index contributed by atoms with van der Waals surface area (Å²) in [6.45, 7) is 7.90. The summed E-state index contributed by atoms with van der Waals surface area (Å²) >= 11 is 0. The van der Waals surface area contributed by atoms with Crippen molar-refractivity contribution in [2.45, 2.75) is 89.5 Å². The predicted octanol–water partition coefficient (Wildman–Crippen LogP) is 2.30. The Morgan fingerprint density at radius 3 is 2.66 bits per heavy atom. The fraction of sp³-hybridized carbons (Fsp3) is 0.655. The maximum atomic E-state index is 12.8. The summed E-state index contributed by atoms with van der Waals surface area (Å²) in [7, 11) is 0. The molecule has 0 aromatic carbocycles. The molecule has 0 unspecified atom stereocenters. The average molecular weight is 533 g/mol. The van der Waals surface area contributed by atoms with Gasteiger partial charge < -0.3 is 34.3 Å². The van der Waals surface area contributed by atoms with Gasteiger partial charge in [-0.3, -0.25) is 0 Å². The Kier molecular flexibility index (Phi) is 8.35. The summed E-state index contributed by atoms with van der Waals surface area (Å²) < 4.78 is 24.6. The molecular weight excluding hydrogens is 492 g/mol. The van der Waals surface area contributed by atoms with Crippen LogP contribution >= 0.6 is 0 Å². The van der Waals surface area contributed by atoms with Crippen LogP contribution in [-0.2, 0) is 28.5 Å². The van der Waals surface area contributed by atoms with E-state index in [4.69, 9.17) is 24.1 Å². The first-order chi connectivity index (χ1) is 18.0. The topological polar surface area (TPSA) is 135 Å². The van der Waals surface area contributed by atoms with Gasteiger partial charge >= 0.3 is 11.9 Å². The minimum atomic E-state index is -1.03. The number of hydrogen-bond donors (Lipinski definition) is 3. The van der Waals surface area contributed by atoms with Crippen LogP contribution in [0.1, 0.15) is 53.4 Å². The van der Waals surface area contributed by atoms with Gasteiger partial charge in [-0.1, -0.05) is 42.4 Å². The number of allylic oxidation sites excluding steroid dienone is 3. The average Bonchev–Trinajstić information content (AvgIpc) is 3.63. The third-order valence-electron chi connectivity index (χ3n) is 8.96. The van der Waals surface area contributed by atoms with Crippen molar-refractivity contribution in [2.75, 3.05) is 19.8 Å². The fourth-order valence-electron chi connectivity index (χ4n) is 6.48. The summed E-state index contributed by atoms with van der Waals surface area (Å²) in [6.07, 6.45) is 8.43. The van der Waals surface area contributed by atoms with Crippen molar-refractivity contribution in [2.24, 2.45) is 10.8 Å². The summed E-state index contributed by atoms with van der Waals surface area (Å²) in [5, 5.41) is 28.2. The van der Waals surface area contributed by atoms with Crippen LogP contribution in [0.2, 0.25) is 0 Å². The molecule has 1 spiro atoms. The van der Waals surface area contributed by atoms with Gasteiger partial charge in [-0.2, -0.15) is 0 Å². The van der Waals surface area contributed by atoms with Crippen LogP contribution in [0.15, 0.2) is 47.6 Å². The molecule has 9 nitrogen and oxygen atoms in total. The molecule has 210 valence electrons. The molecular formula is C29H40O9. The highest BCUT2D eigenvalue weighted by molar-refractivity contribution is 5.83. The van der Waals surface area contributed by atoms with E-state index >= 15 is 0 Å². The van der Waals surface area contributed by atoms with Crippen LogP contribution in [0.3, 0.4) is 0 Å². The second-order valence-electron chi connectivity index (χ2n) is 11.3. The molecule has 0 amide bonds. The van der Waals surface area contributed by atoms with Crippen LogP contribution in [0, 0.1) is 10.8 Å². The molecule has 2 saturated heterocycles. The van der Waals surface area contributed by atoms with Gasteiger partial charge in [-0.25, -0.2) is 9.59 Å². The zero-order valence-corrected chi connectivity index (χ0v) is 22.6. The van der Waals surface area contributed by atoms with E-state index in [0.29, 0.717) is 25.9 Å². The molecule has 2 aliphatic carbocycles. The highest BCUT2D eigenvalue weighted by atomic mass is 16.6. The summed E-state index contributed by atoms with van der Waals surface area (Å²) in [4.78, 5) is 25.5. The Bertz CT molecular complexity index is 1040. The molecule has 3 N–H and O–H groups in total. The van der Waals surface area contributed by atoms with E-state index in [0.717, 1.165) is 12.0 Å². The molecule has 4 aliphatic rings. The molecule has 0 aromatic rings. The Morgan fingerprint density at radius 1 is 1.26 bits per heavy atom. The van der Waals surface area contributed by atoms with Gasteiger partial charge in [0.25, 0.3) is 0 Å². The lowest BCUT2D eigenvalue weighted by molar-refractivity contribution is -0.232. The first-order valence-electron chi connectivity index (χ1n) is 13.3. The third kappa shape index (κ3) is 5.02. The normalized spacial score (nSPS) is 37.7. The molecule has 0 radical (unpaired) electrons. The summed E-state index contributed by atoms with van der Waals surface area (Å²) in [6, 6.07) is 0. The minimum absolute atomic E-state index is 0.0444. The molecule has 8 atom stereocenters. The third-order valence-corrected chi connectivity index (χ3v) is 8.96. The van der Waals surface area contributed by atoms with Crippen molar-refractivity contribution < 1.29 is 43.9 Å². The van der Waals surface area contributed by atoms with Gasteiger partial charge in [0.2, 0.25) is 0 Å². The number of rotatable bonds is 10. The van der Waals surface area contributed by atoms with E-state index in [1.54, 1.807) is 6.92 Å². The zero-order chi connectivity index (χ0) is 27.7. The number of ether oxygens (including phenoxy) is 4. The lowest BCUT2D eigenvalue weighted by Gasteiger charge is -2.58. The van der Waals surface area contributed by atoms with Crippen LogP contribution in [-0.4, -0.2) is 83.2 Å². The number of aliphatic hydroxyl groups is 3. The highest BCUT2D eigenvalue weighted by Gasteiger charge is 2.83. The van der Waals surface area contributed by atoms with Crippen molar-refractivity contribution in [3.63, 3.8) is 0 Å². The van der Waals surface area contributed by atoms with Crippen molar-refractivity contribution in [3.8, 4) is 0 Å². The maximum absolute atomic E-state index is 12.8. The molecule has 2 bridgehead atoms. The number of esters is 2. The number of epoxide rings is 1. The molecule has 3 fully saturated rings. The highest BCUT2D eigenvalue weighted by Crippen LogP contribution is 2.72. The molecule has 1 saturated carbocycles. The Balaban J connectivity index is 1.58. The van der Waals surface area contributed by atoms with Crippen LogP contribution < -0.4 is 0 Å². The van der Waals surface area contributed by atoms with E-state index in [1.807, 2.05) is 0 Å². The molecule has 9 heteroatoms. The molecule has 0 aromatic heterocycles. The number of carbonyl (C=O) groups is 2. The van der Waals surface area contributed by atoms with Gasteiger partial charge in [0.05, 0.1) is 36.4 Å². The standard InChI is InChI=1S/C29H40O9/c1-18-9-11-28(16-35-26(34)14-19(2)10-12-30)23(13-18)37-24-15-22(27(28,4)29(24)17-36-29)38-25(33)8-6-5-7-21(32)20(3)31/h5-8,13-14,20-24,30-32H,9-12,15-17H2,1-4H3/b7-5+,8-6+,19-14+/t20-,21+,22-,23-,24-,27-,28-,29+/m1/s1. The van der Waals surface area contributed by atoms with Gasteiger partial charge in [-0.05, 0) is 40.0 Å². The lowest BCUT2D eigenvalue weighted by Crippen LogP contribution is -2.66. The van der Waals surface area contributed by atoms with E-state index < -0.39 is 46.7 Å². The van der Waals surface area contributed by atoms with E-state index in [9.17, 15) is 19.8 Å². The quantitative estimate of drug-likeness (QED) is 0.127. The second kappa shape index (κ2) is 11.1. The lowest BCUT2D eigenvalue weighted by atomic mass is 9.51. The van der Waals surface area contributed by atoms with E-state index in [2.05, 4.69) is 19.9 Å². The maximum Gasteiger partial charge on any atom is 0.331 e. The van der Waals surface area contributed by atoms with Crippen molar-refractivity contribution >= 4 is 11.9 Å². The van der Waals surface area contributed by atoms with Crippen LogP contribution in [0.25, 0.3) is 0 Å². The fourth-order valence-corrected chi connectivity index (χ4v) is 6.48. The number of carbonyl (C=O) groups excluding carboxylic acids is 2. The van der Waals surface area contributed by atoms with Gasteiger partial charge in [0.1, 0.15) is 18.3 Å². The Labute approximate surface area is 223 Å². The first-order valence-corrected chi connectivity index (χ1v) is 13.3. The van der Waals surface area contributed by atoms with E-state index in [1.165, 1.54) is 42.9 Å². The Morgan fingerprint density at radius 2 is 2.00 bits per heavy atom. The Hall–Kier alpha value is -2.30. The number of hydrogen-bond acceptors (Lipinski definition) is 9. The first kappa shape index (κ1) is 28.7. The van der Waals surface area contributed by atoms with Crippen molar-refractivity contribution in [3.05, 3.63) is 47.6 Å². The monoisotopic (exact) mass is 532 g/mol. The number of aliphatic hydroxyl groups excluding tert-OH is 3. The zero-order valence-electron chi connectivity index (χ0n) is 22.6. The predicted molar refractivity (Wildman–Crippen MR) is 138 cm³/mol. The van der Waals surface area contributed by atoms with Crippen molar-refractivity contribution in [1.82, 2.24) is 0 Å². The molecule has 4 rings (SSSR count). The van der Waals surface area contributed by atoms with Crippen LogP contribution in [0.4, 0.5) is 0 Å². The minimum Gasteiger partial charge on any atom is -0.462 e. The SMILES string of the molecule is CC1=C[C@H]2O[C@@H]3C[C@@H](OC(=O)/C=C/C=C/[C@H](O)[C@@H](C)O)[C@](C)([C@@]2(COC(=O)/C=C(\C)CCO)CC1)[C@]31CO1. The van der Waals surface area contributed by atoms with Gasteiger partial charge in [-0.15, -0.1) is 0 Å². The van der Waals surface area contributed by atoms with Gasteiger partial charge in [0, 0.05) is 30.6 Å². The molecule has 2 heterocycles. The largest absolute Gasteiger partial charge is 0.462 e. The summed E-state index contributed by atoms with van der Waals surface area (Å²) in [5.41, 5.74) is -0.0208. The molecule has 2 aliphatic heterocycles.